The molecule has 0 aliphatic heterocycles. The Bertz CT molecular complexity index is 860. The molecule has 1 aromatic carbocycles. The molecule has 134 valence electrons. The van der Waals surface area contributed by atoms with Gasteiger partial charge in [-0.2, -0.15) is 0 Å². The van der Waals surface area contributed by atoms with Gasteiger partial charge in [-0.05, 0) is 42.6 Å². The van der Waals surface area contributed by atoms with E-state index in [4.69, 9.17) is 0 Å². The highest BCUT2D eigenvalue weighted by molar-refractivity contribution is 7.18. The second-order valence-electron chi connectivity index (χ2n) is 5.77. The fourth-order valence-electron chi connectivity index (χ4n) is 2.40. The Morgan fingerprint density at radius 1 is 1.00 bits per heavy atom. The minimum atomic E-state index is -0.337. The molecule has 0 bridgehead atoms. The van der Waals surface area contributed by atoms with Gasteiger partial charge in [0.15, 0.2) is 0 Å². The molecule has 1 atom stereocenters. The molecule has 3 aromatic rings. The minimum Gasteiger partial charge on any atom is -0.349 e. The molecule has 5 nitrogen and oxygen atoms in total. The predicted molar refractivity (Wildman–Crippen MR) is 108 cm³/mol. The van der Waals surface area contributed by atoms with Crippen molar-refractivity contribution < 1.29 is 9.59 Å². The first kappa shape index (κ1) is 18.2. The molecule has 2 heterocycles. The van der Waals surface area contributed by atoms with Crippen molar-refractivity contribution in [3.63, 3.8) is 0 Å². The zero-order valence-electron chi connectivity index (χ0n) is 14.2. The second-order valence-corrected chi connectivity index (χ2v) is 7.88. The van der Waals surface area contributed by atoms with Crippen LogP contribution in [-0.4, -0.2) is 18.0 Å². The summed E-state index contributed by atoms with van der Waals surface area (Å²) in [6.07, 6.45) is 0.805. The predicted octanol–water partition coefficient (Wildman–Crippen LogP) is 4.81. The number of benzene rings is 1. The van der Waals surface area contributed by atoms with Crippen LogP contribution >= 0.6 is 22.7 Å². The Labute approximate surface area is 160 Å². The van der Waals surface area contributed by atoms with Crippen molar-refractivity contribution in [3.8, 4) is 0 Å². The summed E-state index contributed by atoms with van der Waals surface area (Å²) in [5.41, 5.74) is 0.710. The molecule has 2 aromatic heterocycles. The first-order chi connectivity index (χ1) is 12.6. The van der Waals surface area contributed by atoms with Crippen LogP contribution in [0.4, 0.5) is 15.5 Å². The van der Waals surface area contributed by atoms with Gasteiger partial charge in [-0.15, -0.1) is 22.7 Å². The average Bonchev–Trinajstić information content (AvgIpc) is 3.27. The molecular weight excluding hydrogens is 366 g/mol. The maximum atomic E-state index is 12.3. The van der Waals surface area contributed by atoms with E-state index in [1.807, 2.05) is 48.7 Å². The number of amides is 3. The maximum absolute atomic E-state index is 12.3. The topological polar surface area (TPSA) is 70.2 Å². The lowest BCUT2D eigenvalue weighted by atomic mass is 10.2. The molecule has 3 amide bonds. The van der Waals surface area contributed by atoms with E-state index < -0.39 is 0 Å². The van der Waals surface area contributed by atoms with Gasteiger partial charge in [0.05, 0.1) is 9.88 Å². The molecule has 1 unspecified atom stereocenters. The molecular formula is C19H19N3O2S2. The SMILES string of the molecule is CC(Cc1cccs1)NC(=O)c1ccc(NC(=O)Nc2ccccc2)s1. The third-order valence-electron chi connectivity index (χ3n) is 3.56. The van der Waals surface area contributed by atoms with Crippen LogP contribution in [0.15, 0.2) is 60.0 Å². The van der Waals surface area contributed by atoms with E-state index in [-0.39, 0.29) is 18.0 Å². The molecule has 0 aliphatic carbocycles. The zero-order chi connectivity index (χ0) is 18.4. The highest BCUT2D eigenvalue weighted by Crippen LogP contribution is 2.22. The van der Waals surface area contributed by atoms with Gasteiger partial charge in [-0.3, -0.25) is 10.1 Å². The Morgan fingerprint density at radius 3 is 2.54 bits per heavy atom. The fourth-order valence-corrected chi connectivity index (χ4v) is 4.04. The van der Waals surface area contributed by atoms with Crippen LogP contribution < -0.4 is 16.0 Å². The number of hydrogen-bond donors (Lipinski definition) is 3. The summed E-state index contributed by atoms with van der Waals surface area (Å²) in [5, 5.41) is 11.1. The van der Waals surface area contributed by atoms with Gasteiger partial charge < -0.3 is 10.6 Å². The quantitative estimate of drug-likeness (QED) is 0.570. The lowest BCUT2D eigenvalue weighted by Crippen LogP contribution is -2.33. The van der Waals surface area contributed by atoms with Crippen molar-refractivity contribution in [2.45, 2.75) is 19.4 Å². The van der Waals surface area contributed by atoms with Crippen molar-refractivity contribution in [2.75, 3.05) is 10.6 Å². The highest BCUT2D eigenvalue weighted by atomic mass is 32.1. The summed E-state index contributed by atoms with van der Waals surface area (Å²) in [4.78, 5) is 26.2. The van der Waals surface area contributed by atoms with E-state index in [1.54, 1.807) is 23.5 Å². The number of thiophene rings is 2. The van der Waals surface area contributed by atoms with Crippen LogP contribution in [-0.2, 0) is 6.42 Å². The smallest absolute Gasteiger partial charge is 0.324 e. The second kappa shape index (κ2) is 8.64. The molecule has 0 fully saturated rings. The van der Waals surface area contributed by atoms with Crippen molar-refractivity contribution in [1.29, 1.82) is 0 Å². The third kappa shape index (κ3) is 5.18. The van der Waals surface area contributed by atoms with Crippen LogP contribution in [0.5, 0.6) is 0 Å². The van der Waals surface area contributed by atoms with Crippen molar-refractivity contribution >= 4 is 45.3 Å². The van der Waals surface area contributed by atoms with E-state index in [9.17, 15) is 9.59 Å². The van der Waals surface area contributed by atoms with Crippen molar-refractivity contribution in [2.24, 2.45) is 0 Å². The Balaban J connectivity index is 1.51. The minimum absolute atomic E-state index is 0.0426. The molecule has 0 radical (unpaired) electrons. The number of anilines is 2. The molecule has 3 N–H and O–H groups in total. The lowest BCUT2D eigenvalue weighted by Gasteiger charge is -2.11. The van der Waals surface area contributed by atoms with Crippen LogP contribution in [0.2, 0.25) is 0 Å². The van der Waals surface area contributed by atoms with Crippen molar-refractivity contribution in [3.05, 3.63) is 69.7 Å². The van der Waals surface area contributed by atoms with Gasteiger partial charge >= 0.3 is 6.03 Å². The highest BCUT2D eigenvalue weighted by Gasteiger charge is 2.14. The number of carbonyl (C=O) groups excluding carboxylic acids is 2. The number of carbonyl (C=O) groups is 2. The molecule has 0 saturated heterocycles. The summed E-state index contributed by atoms with van der Waals surface area (Å²) in [6.45, 7) is 1.98. The van der Waals surface area contributed by atoms with Crippen LogP contribution in [0.25, 0.3) is 0 Å². The standard InChI is InChI=1S/C19H19N3O2S2/c1-13(12-15-8-5-11-25-15)20-18(23)16-9-10-17(26-16)22-19(24)21-14-6-3-2-4-7-14/h2-11,13H,12H2,1H3,(H,20,23)(H2,21,22,24). The van der Waals surface area contributed by atoms with E-state index in [1.165, 1.54) is 16.2 Å². The Kier molecular flexibility index (Phi) is 6.04. The van der Waals surface area contributed by atoms with Crippen LogP contribution in [0, 0.1) is 0 Å². The summed E-state index contributed by atoms with van der Waals surface area (Å²) < 4.78 is 0. The number of hydrogen-bond acceptors (Lipinski definition) is 4. The first-order valence-corrected chi connectivity index (χ1v) is 9.86. The molecule has 3 rings (SSSR count). The Morgan fingerprint density at radius 2 is 1.81 bits per heavy atom. The molecule has 0 spiro atoms. The Hall–Kier alpha value is -2.64. The van der Waals surface area contributed by atoms with Crippen molar-refractivity contribution in [1.82, 2.24) is 5.32 Å². The van der Waals surface area contributed by atoms with Crippen LogP contribution in [0.1, 0.15) is 21.5 Å². The van der Waals surface area contributed by atoms with Gasteiger partial charge in [-0.25, -0.2) is 4.79 Å². The lowest BCUT2D eigenvalue weighted by molar-refractivity contribution is 0.0944. The summed E-state index contributed by atoms with van der Waals surface area (Å²) >= 11 is 2.93. The number of nitrogens with one attached hydrogen (secondary N) is 3. The fraction of sp³-hybridized carbons (Fsp3) is 0.158. The molecule has 0 aliphatic rings. The van der Waals surface area contributed by atoms with E-state index >= 15 is 0 Å². The van der Waals surface area contributed by atoms with E-state index in [2.05, 4.69) is 22.0 Å². The van der Waals surface area contributed by atoms with E-state index in [0.717, 1.165) is 6.42 Å². The first-order valence-electron chi connectivity index (χ1n) is 8.16. The summed E-state index contributed by atoms with van der Waals surface area (Å²) in [6, 6.07) is 16.4. The van der Waals surface area contributed by atoms with Gasteiger partial charge in [-0.1, -0.05) is 24.3 Å². The number of urea groups is 1. The molecule has 7 heteroatoms. The number of para-hydroxylation sites is 1. The number of rotatable bonds is 6. The van der Waals surface area contributed by atoms with Gasteiger partial charge in [0.25, 0.3) is 5.91 Å². The average molecular weight is 386 g/mol. The molecule has 0 saturated carbocycles. The van der Waals surface area contributed by atoms with Gasteiger partial charge in [0.2, 0.25) is 0 Å². The normalized spacial score (nSPS) is 11.6. The largest absolute Gasteiger partial charge is 0.349 e. The van der Waals surface area contributed by atoms with Gasteiger partial charge in [0.1, 0.15) is 0 Å². The summed E-state index contributed by atoms with van der Waals surface area (Å²) in [7, 11) is 0. The summed E-state index contributed by atoms with van der Waals surface area (Å²) in [5.74, 6) is -0.129. The maximum Gasteiger partial charge on any atom is 0.324 e. The van der Waals surface area contributed by atoms with Crippen LogP contribution in [0.3, 0.4) is 0 Å². The zero-order valence-corrected chi connectivity index (χ0v) is 15.8. The molecule has 26 heavy (non-hydrogen) atoms. The third-order valence-corrected chi connectivity index (χ3v) is 5.46. The monoisotopic (exact) mass is 385 g/mol. The van der Waals surface area contributed by atoms with E-state index in [0.29, 0.717) is 15.6 Å². The van der Waals surface area contributed by atoms with Gasteiger partial charge in [0, 0.05) is 23.0 Å².